The summed E-state index contributed by atoms with van der Waals surface area (Å²) in [6.45, 7) is 1.26. The lowest BCUT2D eigenvalue weighted by molar-refractivity contribution is -0.127. The fraction of sp³-hybridized carbons (Fsp3) is 0.500. The first kappa shape index (κ1) is 16.2. The van der Waals surface area contributed by atoms with E-state index in [-0.39, 0.29) is 17.7 Å². The predicted octanol–water partition coefficient (Wildman–Crippen LogP) is 3.08. The number of piperidine rings is 1. The number of aromatic nitrogens is 1. The van der Waals surface area contributed by atoms with Crippen molar-refractivity contribution < 1.29 is 9.59 Å². The number of nitrogens with one attached hydrogen (secondary N) is 2. The molecule has 5 nitrogen and oxygen atoms in total. The molecule has 1 saturated heterocycles. The largest absolute Gasteiger partial charge is 0.361 e. The average Bonchev–Trinajstić information content (AvgIpc) is 3.32. The van der Waals surface area contributed by atoms with Crippen LogP contribution in [-0.2, 0) is 4.79 Å². The summed E-state index contributed by atoms with van der Waals surface area (Å²) in [5, 5.41) is 4.29. The van der Waals surface area contributed by atoms with E-state index in [0.29, 0.717) is 18.2 Å². The minimum absolute atomic E-state index is 0.0230. The molecule has 1 atom stereocenters. The van der Waals surface area contributed by atoms with Gasteiger partial charge < -0.3 is 15.2 Å². The second-order valence-corrected chi connectivity index (χ2v) is 7.36. The number of rotatable bonds is 3. The zero-order valence-corrected chi connectivity index (χ0v) is 14.5. The van der Waals surface area contributed by atoms with E-state index < -0.39 is 0 Å². The molecule has 2 amide bonds. The van der Waals surface area contributed by atoms with Crippen LogP contribution in [-0.4, -0.2) is 40.8 Å². The normalized spacial score (nSPS) is 21.6. The van der Waals surface area contributed by atoms with Crippen molar-refractivity contribution in [1.82, 2.24) is 15.2 Å². The zero-order chi connectivity index (χ0) is 17.2. The van der Waals surface area contributed by atoms with E-state index in [1.807, 2.05) is 35.4 Å². The molecule has 25 heavy (non-hydrogen) atoms. The summed E-state index contributed by atoms with van der Waals surface area (Å²) >= 11 is 0. The zero-order valence-electron chi connectivity index (χ0n) is 14.5. The monoisotopic (exact) mass is 339 g/mol. The molecular formula is C20H25N3O2. The van der Waals surface area contributed by atoms with Crippen molar-refractivity contribution in [2.75, 3.05) is 13.1 Å². The number of aromatic amines is 1. The van der Waals surface area contributed by atoms with E-state index in [1.165, 1.54) is 12.8 Å². The fourth-order valence-electron chi connectivity index (χ4n) is 4.13. The molecule has 4 rings (SSSR count). The fourth-order valence-corrected chi connectivity index (χ4v) is 4.13. The average molecular weight is 339 g/mol. The Balaban J connectivity index is 1.42. The van der Waals surface area contributed by atoms with Crippen molar-refractivity contribution in [2.45, 2.75) is 44.6 Å². The van der Waals surface area contributed by atoms with Crippen molar-refractivity contribution >= 4 is 22.7 Å². The molecule has 0 spiro atoms. The van der Waals surface area contributed by atoms with Gasteiger partial charge >= 0.3 is 0 Å². The highest BCUT2D eigenvalue weighted by Gasteiger charge is 2.30. The van der Waals surface area contributed by atoms with Gasteiger partial charge in [0.1, 0.15) is 0 Å². The standard InChI is InChI=1S/C20H25N3O2/c24-19(22-17-5-1-2-6-17)16-4-3-11-23(13-16)20(25)15-8-7-14-9-10-21-18(14)12-15/h7-10,12,16-17,21H,1-6,11,13H2,(H,22,24). The Morgan fingerprint density at radius 2 is 1.92 bits per heavy atom. The molecule has 2 heterocycles. The van der Waals surface area contributed by atoms with E-state index in [1.54, 1.807) is 0 Å². The highest BCUT2D eigenvalue weighted by molar-refractivity contribution is 5.98. The molecule has 1 aliphatic carbocycles. The Labute approximate surface area is 147 Å². The Morgan fingerprint density at radius 3 is 2.76 bits per heavy atom. The third-order valence-corrected chi connectivity index (χ3v) is 5.58. The summed E-state index contributed by atoms with van der Waals surface area (Å²) in [6, 6.07) is 8.08. The summed E-state index contributed by atoms with van der Waals surface area (Å²) in [5.41, 5.74) is 1.66. The molecule has 2 N–H and O–H groups in total. The molecule has 2 fully saturated rings. The van der Waals surface area contributed by atoms with Crippen molar-refractivity contribution in [2.24, 2.45) is 5.92 Å². The van der Waals surface area contributed by atoms with Gasteiger partial charge in [0.05, 0.1) is 5.92 Å². The maximum absolute atomic E-state index is 12.9. The van der Waals surface area contributed by atoms with Crippen LogP contribution in [0.25, 0.3) is 10.9 Å². The van der Waals surface area contributed by atoms with Gasteiger partial charge in [-0.2, -0.15) is 0 Å². The molecule has 0 bridgehead atoms. The van der Waals surface area contributed by atoms with E-state index in [9.17, 15) is 9.59 Å². The van der Waals surface area contributed by atoms with Crippen LogP contribution < -0.4 is 5.32 Å². The van der Waals surface area contributed by atoms with E-state index >= 15 is 0 Å². The predicted molar refractivity (Wildman–Crippen MR) is 97.3 cm³/mol. The number of amides is 2. The first-order valence-electron chi connectivity index (χ1n) is 9.37. The van der Waals surface area contributed by atoms with Crippen molar-refractivity contribution in [3.05, 3.63) is 36.0 Å². The minimum atomic E-state index is -0.0764. The Bertz CT molecular complexity index is 776. The molecule has 1 aliphatic heterocycles. The van der Waals surface area contributed by atoms with Gasteiger partial charge in [0.15, 0.2) is 0 Å². The van der Waals surface area contributed by atoms with Gasteiger partial charge in [0.25, 0.3) is 5.91 Å². The molecule has 1 saturated carbocycles. The Morgan fingerprint density at radius 1 is 1.08 bits per heavy atom. The summed E-state index contributed by atoms with van der Waals surface area (Å²) in [5.74, 6) is 0.0756. The molecule has 5 heteroatoms. The van der Waals surface area contributed by atoms with Gasteiger partial charge in [-0.1, -0.05) is 18.9 Å². The van der Waals surface area contributed by atoms with E-state index in [0.717, 1.165) is 43.1 Å². The SMILES string of the molecule is O=C(NC1CCCC1)C1CCCN(C(=O)c2ccc3cc[nH]c3c2)C1. The highest BCUT2D eigenvalue weighted by atomic mass is 16.2. The number of carbonyl (C=O) groups excluding carboxylic acids is 2. The van der Waals surface area contributed by atoms with Gasteiger partial charge in [-0.25, -0.2) is 0 Å². The van der Waals surface area contributed by atoms with Crippen molar-refractivity contribution in [1.29, 1.82) is 0 Å². The number of benzene rings is 1. The van der Waals surface area contributed by atoms with Crippen LogP contribution >= 0.6 is 0 Å². The number of fused-ring (bicyclic) bond motifs is 1. The molecule has 1 aromatic carbocycles. The summed E-state index contributed by atoms with van der Waals surface area (Å²) in [4.78, 5) is 30.4. The Kier molecular flexibility index (Phi) is 4.47. The number of hydrogen-bond donors (Lipinski definition) is 2. The highest BCUT2D eigenvalue weighted by Crippen LogP contribution is 2.23. The smallest absolute Gasteiger partial charge is 0.253 e. The van der Waals surface area contributed by atoms with Crippen LogP contribution in [0.2, 0.25) is 0 Å². The van der Waals surface area contributed by atoms with Gasteiger partial charge in [-0.15, -0.1) is 0 Å². The van der Waals surface area contributed by atoms with Crippen LogP contribution in [0.15, 0.2) is 30.5 Å². The summed E-state index contributed by atoms with van der Waals surface area (Å²) < 4.78 is 0. The van der Waals surface area contributed by atoms with Gasteiger partial charge in [0, 0.05) is 36.4 Å². The molecule has 2 aliphatic rings. The molecule has 132 valence electrons. The maximum atomic E-state index is 12.9. The van der Waals surface area contributed by atoms with Crippen molar-refractivity contribution in [3.63, 3.8) is 0 Å². The second-order valence-electron chi connectivity index (χ2n) is 7.36. The lowest BCUT2D eigenvalue weighted by Crippen LogP contribution is -2.47. The first-order valence-corrected chi connectivity index (χ1v) is 9.37. The molecule has 1 unspecified atom stereocenters. The van der Waals surface area contributed by atoms with Gasteiger partial charge in [-0.05, 0) is 49.3 Å². The van der Waals surface area contributed by atoms with Crippen LogP contribution in [0.1, 0.15) is 48.9 Å². The summed E-state index contributed by atoms with van der Waals surface area (Å²) in [6.07, 6.45) is 8.25. The van der Waals surface area contributed by atoms with E-state index in [4.69, 9.17) is 0 Å². The lowest BCUT2D eigenvalue weighted by atomic mass is 9.96. The number of carbonyl (C=O) groups is 2. The van der Waals surface area contributed by atoms with Gasteiger partial charge in [-0.3, -0.25) is 9.59 Å². The first-order chi connectivity index (χ1) is 12.2. The number of hydrogen-bond acceptors (Lipinski definition) is 2. The molecule has 2 aromatic rings. The van der Waals surface area contributed by atoms with Gasteiger partial charge in [0.2, 0.25) is 5.91 Å². The number of H-pyrrole nitrogens is 1. The third kappa shape index (κ3) is 3.41. The summed E-state index contributed by atoms with van der Waals surface area (Å²) in [7, 11) is 0. The van der Waals surface area contributed by atoms with Crippen LogP contribution in [0, 0.1) is 5.92 Å². The molecular weight excluding hydrogens is 314 g/mol. The second kappa shape index (κ2) is 6.90. The van der Waals surface area contributed by atoms with Crippen LogP contribution in [0.5, 0.6) is 0 Å². The van der Waals surface area contributed by atoms with E-state index in [2.05, 4.69) is 10.3 Å². The van der Waals surface area contributed by atoms with Crippen LogP contribution in [0.4, 0.5) is 0 Å². The van der Waals surface area contributed by atoms with Crippen molar-refractivity contribution in [3.8, 4) is 0 Å². The third-order valence-electron chi connectivity index (χ3n) is 5.58. The number of nitrogens with zero attached hydrogens (tertiary/aromatic N) is 1. The topological polar surface area (TPSA) is 65.2 Å². The molecule has 1 aromatic heterocycles. The Hall–Kier alpha value is -2.30. The maximum Gasteiger partial charge on any atom is 0.253 e. The number of likely N-dealkylation sites (tertiary alicyclic amines) is 1. The van der Waals surface area contributed by atoms with Crippen LogP contribution in [0.3, 0.4) is 0 Å². The quantitative estimate of drug-likeness (QED) is 0.902. The minimum Gasteiger partial charge on any atom is -0.361 e. The lowest BCUT2D eigenvalue weighted by Gasteiger charge is -2.32. The molecule has 0 radical (unpaired) electrons.